The minimum absolute atomic E-state index is 0.0934. The number of fused-ring (bicyclic) bond motifs is 1. The number of aromatic nitrogens is 1. The molecule has 2 aromatic rings. The molecule has 1 aromatic carbocycles. The van der Waals surface area contributed by atoms with Gasteiger partial charge in [0.1, 0.15) is 0 Å². The zero-order chi connectivity index (χ0) is 12.3. The first-order valence-corrected chi connectivity index (χ1v) is 6.05. The summed E-state index contributed by atoms with van der Waals surface area (Å²) in [4.78, 5) is 17.2. The number of aromatic amines is 1. The van der Waals surface area contributed by atoms with Gasteiger partial charge in [-0.15, -0.1) is 0 Å². The molecule has 1 heterocycles. The molecule has 0 radical (unpaired) electrons. The minimum atomic E-state index is 0.0934. The van der Waals surface area contributed by atoms with Crippen molar-refractivity contribution in [2.75, 3.05) is 13.6 Å². The molecule has 0 aliphatic rings. The van der Waals surface area contributed by atoms with Crippen LogP contribution in [0.3, 0.4) is 0 Å². The SMILES string of the molecule is CCCCN(C)C(=O)c1c[nH]c2ccccc12. The van der Waals surface area contributed by atoms with E-state index in [1.165, 1.54) is 0 Å². The molecule has 2 rings (SSSR count). The minimum Gasteiger partial charge on any atom is -0.360 e. The van der Waals surface area contributed by atoms with Crippen molar-refractivity contribution in [3.05, 3.63) is 36.0 Å². The summed E-state index contributed by atoms with van der Waals surface area (Å²) < 4.78 is 0. The van der Waals surface area contributed by atoms with E-state index >= 15 is 0 Å². The second-order valence-corrected chi connectivity index (χ2v) is 4.33. The van der Waals surface area contributed by atoms with Crippen LogP contribution in [0.25, 0.3) is 10.9 Å². The average molecular weight is 230 g/mol. The summed E-state index contributed by atoms with van der Waals surface area (Å²) in [7, 11) is 1.86. The van der Waals surface area contributed by atoms with Gasteiger partial charge >= 0.3 is 0 Å². The fourth-order valence-electron chi connectivity index (χ4n) is 1.95. The van der Waals surface area contributed by atoms with Crippen molar-refractivity contribution in [1.29, 1.82) is 0 Å². The van der Waals surface area contributed by atoms with E-state index in [2.05, 4.69) is 11.9 Å². The summed E-state index contributed by atoms with van der Waals surface area (Å²) in [6.45, 7) is 2.94. The number of hydrogen-bond donors (Lipinski definition) is 1. The molecule has 17 heavy (non-hydrogen) atoms. The molecule has 1 amide bonds. The summed E-state index contributed by atoms with van der Waals surface area (Å²) in [6, 6.07) is 7.89. The van der Waals surface area contributed by atoms with Gasteiger partial charge in [-0.1, -0.05) is 31.5 Å². The number of benzene rings is 1. The van der Waals surface area contributed by atoms with Gasteiger partial charge in [0.25, 0.3) is 5.91 Å². The van der Waals surface area contributed by atoms with Crippen molar-refractivity contribution >= 4 is 16.8 Å². The molecule has 90 valence electrons. The number of unbranched alkanes of at least 4 members (excludes halogenated alkanes) is 1. The summed E-state index contributed by atoms with van der Waals surface area (Å²) in [6.07, 6.45) is 3.95. The van der Waals surface area contributed by atoms with E-state index in [0.717, 1.165) is 35.9 Å². The molecule has 0 saturated heterocycles. The predicted molar refractivity (Wildman–Crippen MR) is 70.2 cm³/mol. The summed E-state index contributed by atoms with van der Waals surface area (Å²) in [5, 5.41) is 1.00. The molecule has 0 unspecified atom stereocenters. The standard InChI is InChI=1S/C14H18N2O/c1-3-4-9-16(2)14(17)12-10-15-13-8-6-5-7-11(12)13/h5-8,10,15H,3-4,9H2,1-2H3. The molecule has 1 N–H and O–H groups in total. The van der Waals surface area contributed by atoms with Crippen LogP contribution in [-0.4, -0.2) is 29.4 Å². The second kappa shape index (κ2) is 5.04. The Balaban J connectivity index is 2.24. The Labute approximate surface area is 101 Å². The van der Waals surface area contributed by atoms with Gasteiger partial charge in [0.05, 0.1) is 5.56 Å². The van der Waals surface area contributed by atoms with Crippen LogP contribution in [0.5, 0.6) is 0 Å². The van der Waals surface area contributed by atoms with Crippen LogP contribution < -0.4 is 0 Å². The van der Waals surface area contributed by atoms with E-state index < -0.39 is 0 Å². The first-order valence-electron chi connectivity index (χ1n) is 6.05. The summed E-state index contributed by atoms with van der Waals surface area (Å²) >= 11 is 0. The summed E-state index contributed by atoms with van der Waals surface area (Å²) in [5.74, 6) is 0.0934. The highest BCUT2D eigenvalue weighted by Crippen LogP contribution is 2.18. The van der Waals surface area contributed by atoms with Gasteiger partial charge in [0.2, 0.25) is 0 Å². The van der Waals surface area contributed by atoms with E-state index in [1.807, 2.05) is 31.3 Å². The molecule has 3 nitrogen and oxygen atoms in total. The van der Waals surface area contributed by atoms with Crippen LogP contribution in [-0.2, 0) is 0 Å². The summed E-state index contributed by atoms with van der Waals surface area (Å²) in [5.41, 5.74) is 1.78. The number of nitrogens with one attached hydrogen (secondary N) is 1. The van der Waals surface area contributed by atoms with E-state index in [1.54, 1.807) is 11.1 Å². The largest absolute Gasteiger partial charge is 0.360 e. The van der Waals surface area contributed by atoms with Crippen molar-refractivity contribution in [2.45, 2.75) is 19.8 Å². The zero-order valence-electron chi connectivity index (χ0n) is 10.4. The van der Waals surface area contributed by atoms with Crippen LogP contribution >= 0.6 is 0 Å². The molecular weight excluding hydrogens is 212 g/mol. The smallest absolute Gasteiger partial charge is 0.255 e. The number of para-hydroxylation sites is 1. The van der Waals surface area contributed by atoms with Gasteiger partial charge in [0, 0.05) is 30.7 Å². The zero-order valence-corrected chi connectivity index (χ0v) is 10.4. The molecule has 0 aliphatic carbocycles. The fraction of sp³-hybridized carbons (Fsp3) is 0.357. The molecule has 1 aromatic heterocycles. The third-order valence-electron chi connectivity index (χ3n) is 3.01. The first kappa shape index (κ1) is 11.7. The quantitative estimate of drug-likeness (QED) is 0.861. The van der Waals surface area contributed by atoms with Crippen LogP contribution in [0.1, 0.15) is 30.1 Å². The van der Waals surface area contributed by atoms with Crippen LogP contribution in [0.15, 0.2) is 30.5 Å². The highest BCUT2D eigenvalue weighted by Gasteiger charge is 2.15. The number of amides is 1. The Morgan fingerprint density at radius 2 is 2.12 bits per heavy atom. The van der Waals surface area contributed by atoms with Crippen LogP contribution in [0.2, 0.25) is 0 Å². The average Bonchev–Trinajstić information content (AvgIpc) is 2.78. The molecular formula is C14H18N2O. The topological polar surface area (TPSA) is 36.1 Å². The Kier molecular flexibility index (Phi) is 3.47. The lowest BCUT2D eigenvalue weighted by Gasteiger charge is -2.16. The molecule has 0 spiro atoms. The van der Waals surface area contributed by atoms with E-state index in [-0.39, 0.29) is 5.91 Å². The monoisotopic (exact) mass is 230 g/mol. The van der Waals surface area contributed by atoms with Gasteiger partial charge in [-0.2, -0.15) is 0 Å². The molecule has 0 bridgehead atoms. The molecule has 3 heteroatoms. The van der Waals surface area contributed by atoms with E-state index in [0.29, 0.717) is 0 Å². The lowest BCUT2D eigenvalue weighted by Crippen LogP contribution is -2.27. The normalized spacial score (nSPS) is 10.7. The Morgan fingerprint density at radius 3 is 2.88 bits per heavy atom. The van der Waals surface area contributed by atoms with Crippen molar-refractivity contribution in [3.63, 3.8) is 0 Å². The third-order valence-corrected chi connectivity index (χ3v) is 3.01. The molecule has 0 fully saturated rings. The fourth-order valence-corrected chi connectivity index (χ4v) is 1.95. The van der Waals surface area contributed by atoms with Crippen molar-refractivity contribution < 1.29 is 4.79 Å². The van der Waals surface area contributed by atoms with E-state index in [4.69, 9.17) is 0 Å². The Morgan fingerprint density at radius 1 is 1.35 bits per heavy atom. The van der Waals surface area contributed by atoms with Crippen LogP contribution in [0.4, 0.5) is 0 Å². The van der Waals surface area contributed by atoms with Crippen molar-refractivity contribution in [2.24, 2.45) is 0 Å². The number of rotatable bonds is 4. The molecule has 0 aliphatic heterocycles. The maximum atomic E-state index is 12.2. The molecule has 0 saturated carbocycles. The van der Waals surface area contributed by atoms with Gasteiger partial charge in [-0.05, 0) is 12.5 Å². The number of nitrogens with zero attached hydrogens (tertiary/aromatic N) is 1. The third kappa shape index (κ3) is 2.33. The van der Waals surface area contributed by atoms with Gasteiger partial charge in [-0.25, -0.2) is 0 Å². The predicted octanol–water partition coefficient (Wildman–Crippen LogP) is 3.04. The van der Waals surface area contributed by atoms with Crippen molar-refractivity contribution in [1.82, 2.24) is 9.88 Å². The maximum Gasteiger partial charge on any atom is 0.255 e. The number of carbonyl (C=O) groups excluding carboxylic acids is 1. The lowest BCUT2D eigenvalue weighted by molar-refractivity contribution is 0.0795. The lowest BCUT2D eigenvalue weighted by atomic mass is 10.1. The second-order valence-electron chi connectivity index (χ2n) is 4.33. The molecule has 0 atom stereocenters. The number of H-pyrrole nitrogens is 1. The van der Waals surface area contributed by atoms with E-state index in [9.17, 15) is 4.79 Å². The Bertz CT molecular complexity index is 516. The maximum absolute atomic E-state index is 12.2. The van der Waals surface area contributed by atoms with Gasteiger partial charge in [-0.3, -0.25) is 4.79 Å². The number of carbonyl (C=O) groups is 1. The van der Waals surface area contributed by atoms with Gasteiger partial charge < -0.3 is 9.88 Å². The van der Waals surface area contributed by atoms with Gasteiger partial charge in [0.15, 0.2) is 0 Å². The first-order chi connectivity index (χ1) is 8.24. The van der Waals surface area contributed by atoms with Crippen molar-refractivity contribution in [3.8, 4) is 0 Å². The van der Waals surface area contributed by atoms with Crippen LogP contribution in [0, 0.1) is 0 Å². The number of hydrogen-bond acceptors (Lipinski definition) is 1. The highest BCUT2D eigenvalue weighted by atomic mass is 16.2. The highest BCUT2D eigenvalue weighted by molar-refractivity contribution is 6.06. The Hall–Kier alpha value is -1.77.